The molecular weight excluding hydrogens is 318 g/mol. The predicted molar refractivity (Wildman–Crippen MR) is 86.8 cm³/mol. The zero-order chi connectivity index (χ0) is 16.8. The molecule has 0 aromatic heterocycles. The van der Waals surface area contributed by atoms with E-state index >= 15 is 0 Å². The minimum absolute atomic E-state index is 0.266. The molecule has 6 heteroatoms. The van der Waals surface area contributed by atoms with Crippen molar-refractivity contribution in [2.45, 2.75) is 13.0 Å². The number of ether oxygens (including phenoxy) is 1. The lowest BCUT2D eigenvalue weighted by Crippen LogP contribution is -2.30. The number of carbonyl (C=O) groups excluding carboxylic acids is 3. The molecule has 5 nitrogen and oxygen atoms in total. The van der Waals surface area contributed by atoms with Gasteiger partial charge in [0.25, 0.3) is 5.91 Å². The first-order chi connectivity index (χ1) is 11.0. The molecule has 1 amide bonds. The van der Waals surface area contributed by atoms with E-state index in [-0.39, 0.29) is 5.56 Å². The summed E-state index contributed by atoms with van der Waals surface area (Å²) < 4.78 is 5.10. The summed E-state index contributed by atoms with van der Waals surface area (Å²) in [5.41, 5.74) is 1.27. The number of benzene rings is 2. The first kappa shape index (κ1) is 16.7. The molecule has 0 saturated carbocycles. The van der Waals surface area contributed by atoms with Gasteiger partial charge in [-0.3, -0.25) is 9.59 Å². The van der Waals surface area contributed by atoms with E-state index in [2.05, 4.69) is 5.32 Å². The fraction of sp³-hybridized carbons (Fsp3) is 0.118. The second-order valence-electron chi connectivity index (χ2n) is 4.78. The number of carbonyl (C=O) groups is 3. The third kappa shape index (κ3) is 4.66. The summed E-state index contributed by atoms with van der Waals surface area (Å²) in [5, 5.41) is 3.18. The van der Waals surface area contributed by atoms with Crippen LogP contribution in [-0.2, 0) is 9.53 Å². The van der Waals surface area contributed by atoms with Crippen molar-refractivity contribution in [1.82, 2.24) is 0 Å². The van der Waals surface area contributed by atoms with Crippen molar-refractivity contribution in [2.24, 2.45) is 0 Å². The first-order valence-electron chi connectivity index (χ1n) is 6.82. The van der Waals surface area contributed by atoms with Gasteiger partial charge in [-0.1, -0.05) is 23.7 Å². The number of esters is 1. The van der Waals surface area contributed by atoms with Crippen LogP contribution in [0.5, 0.6) is 0 Å². The summed E-state index contributed by atoms with van der Waals surface area (Å²) in [6.45, 7) is 1.48. The minimum Gasteiger partial charge on any atom is -0.449 e. The molecule has 0 heterocycles. The Kier molecular flexibility index (Phi) is 5.49. The van der Waals surface area contributed by atoms with Gasteiger partial charge in [0.1, 0.15) is 6.29 Å². The van der Waals surface area contributed by atoms with Crippen LogP contribution in [0.15, 0.2) is 48.5 Å². The monoisotopic (exact) mass is 331 g/mol. The lowest BCUT2D eigenvalue weighted by Gasteiger charge is -2.13. The number of aldehydes is 1. The number of anilines is 1. The van der Waals surface area contributed by atoms with Crippen LogP contribution in [0.4, 0.5) is 5.69 Å². The molecular formula is C17H14ClNO4. The summed E-state index contributed by atoms with van der Waals surface area (Å²) in [6, 6.07) is 12.5. The molecule has 0 aliphatic heterocycles. The Morgan fingerprint density at radius 2 is 1.70 bits per heavy atom. The minimum atomic E-state index is -0.969. The molecule has 1 atom stereocenters. The second kappa shape index (κ2) is 7.56. The van der Waals surface area contributed by atoms with Gasteiger partial charge in [-0.2, -0.15) is 0 Å². The largest absolute Gasteiger partial charge is 0.449 e. The van der Waals surface area contributed by atoms with Crippen molar-refractivity contribution in [3.8, 4) is 0 Å². The van der Waals surface area contributed by atoms with Gasteiger partial charge in [0.15, 0.2) is 6.10 Å². The van der Waals surface area contributed by atoms with Crippen molar-refractivity contribution in [1.29, 1.82) is 0 Å². The van der Waals surface area contributed by atoms with Crippen LogP contribution < -0.4 is 5.32 Å². The van der Waals surface area contributed by atoms with Gasteiger partial charge in [0, 0.05) is 16.3 Å². The molecule has 0 saturated heterocycles. The molecule has 0 radical (unpaired) electrons. The molecule has 0 aliphatic carbocycles. The third-order valence-corrected chi connectivity index (χ3v) is 3.30. The third-order valence-electron chi connectivity index (χ3n) is 3.05. The Bertz CT molecular complexity index is 710. The van der Waals surface area contributed by atoms with Crippen LogP contribution in [0.2, 0.25) is 5.02 Å². The fourth-order valence-corrected chi connectivity index (χ4v) is 1.88. The van der Waals surface area contributed by atoms with Crippen molar-refractivity contribution in [3.05, 3.63) is 64.7 Å². The van der Waals surface area contributed by atoms with Gasteiger partial charge < -0.3 is 10.1 Å². The number of halogens is 1. The normalized spacial score (nSPS) is 11.4. The van der Waals surface area contributed by atoms with E-state index in [1.54, 1.807) is 24.3 Å². The van der Waals surface area contributed by atoms with E-state index in [0.29, 0.717) is 22.6 Å². The number of nitrogens with one attached hydrogen (secondary N) is 1. The lowest BCUT2D eigenvalue weighted by molar-refractivity contribution is -0.123. The van der Waals surface area contributed by atoms with Crippen LogP contribution in [-0.4, -0.2) is 24.3 Å². The van der Waals surface area contributed by atoms with Crippen molar-refractivity contribution >= 4 is 35.5 Å². The number of hydrogen-bond acceptors (Lipinski definition) is 4. The Morgan fingerprint density at radius 3 is 2.26 bits per heavy atom. The van der Waals surface area contributed by atoms with Crippen LogP contribution in [0.1, 0.15) is 27.6 Å². The molecule has 0 unspecified atom stereocenters. The van der Waals surface area contributed by atoms with E-state index in [1.165, 1.54) is 31.2 Å². The summed E-state index contributed by atoms with van der Waals surface area (Å²) >= 11 is 5.77. The zero-order valence-corrected chi connectivity index (χ0v) is 13.0. The average Bonchev–Trinajstić information content (AvgIpc) is 2.56. The maximum atomic E-state index is 12.0. The highest BCUT2D eigenvalue weighted by Crippen LogP contribution is 2.14. The Hall–Kier alpha value is -2.66. The van der Waals surface area contributed by atoms with Crippen LogP contribution in [0.3, 0.4) is 0 Å². The maximum Gasteiger partial charge on any atom is 0.338 e. The molecule has 0 bridgehead atoms. The van der Waals surface area contributed by atoms with Crippen LogP contribution >= 0.6 is 11.6 Å². The fourth-order valence-electron chi connectivity index (χ4n) is 1.76. The van der Waals surface area contributed by atoms with Gasteiger partial charge in [0.2, 0.25) is 0 Å². The van der Waals surface area contributed by atoms with Gasteiger partial charge in [0.05, 0.1) is 5.56 Å². The maximum absolute atomic E-state index is 12.0. The Morgan fingerprint density at radius 1 is 1.09 bits per heavy atom. The molecule has 2 aromatic carbocycles. The topological polar surface area (TPSA) is 72.5 Å². The van der Waals surface area contributed by atoms with Gasteiger partial charge in [-0.15, -0.1) is 0 Å². The smallest absolute Gasteiger partial charge is 0.338 e. The summed E-state index contributed by atoms with van der Waals surface area (Å²) in [4.78, 5) is 34.5. The van der Waals surface area contributed by atoms with Gasteiger partial charge in [-0.25, -0.2) is 4.79 Å². The van der Waals surface area contributed by atoms with Gasteiger partial charge in [-0.05, 0) is 43.3 Å². The molecule has 2 aromatic rings. The number of hydrogen-bond donors (Lipinski definition) is 1. The predicted octanol–water partition coefficient (Wildman–Crippen LogP) is 3.34. The van der Waals surface area contributed by atoms with Crippen LogP contribution in [0.25, 0.3) is 0 Å². The average molecular weight is 332 g/mol. The van der Waals surface area contributed by atoms with Crippen molar-refractivity contribution in [3.63, 3.8) is 0 Å². The Labute approximate surface area is 138 Å². The second-order valence-corrected chi connectivity index (χ2v) is 5.22. The highest BCUT2D eigenvalue weighted by Gasteiger charge is 2.19. The number of rotatable bonds is 5. The zero-order valence-electron chi connectivity index (χ0n) is 12.3. The summed E-state index contributed by atoms with van der Waals surface area (Å²) in [6.07, 6.45) is -0.291. The van der Waals surface area contributed by atoms with E-state index in [1.807, 2.05) is 0 Å². The first-order valence-corrected chi connectivity index (χ1v) is 7.20. The molecule has 0 spiro atoms. The van der Waals surface area contributed by atoms with Crippen molar-refractivity contribution < 1.29 is 19.1 Å². The highest BCUT2D eigenvalue weighted by molar-refractivity contribution is 6.30. The molecule has 1 N–H and O–H groups in total. The molecule has 118 valence electrons. The molecule has 0 aliphatic rings. The highest BCUT2D eigenvalue weighted by atomic mass is 35.5. The lowest BCUT2D eigenvalue weighted by atomic mass is 10.1. The van der Waals surface area contributed by atoms with E-state index in [4.69, 9.17) is 16.3 Å². The number of amides is 1. The van der Waals surface area contributed by atoms with Crippen molar-refractivity contribution in [2.75, 3.05) is 5.32 Å². The molecule has 23 heavy (non-hydrogen) atoms. The van der Waals surface area contributed by atoms with E-state index in [9.17, 15) is 14.4 Å². The quantitative estimate of drug-likeness (QED) is 0.673. The molecule has 0 fully saturated rings. The standard InChI is InChI=1S/C17H14ClNO4/c1-11(16(21)19-15-8-6-14(18)7-9-15)23-17(22)13-4-2-12(10-20)3-5-13/h2-11H,1H3,(H,19,21)/t11-/m0/s1. The van der Waals surface area contributed by atoms with Crippen LogP contribution in [0, 0.1) is 0 Å². The van der Waals surface area contributed by atoms with Gasteiger partial charge >= 0.3 is 5.97 Å². The Balaban J connectivity index is 1.95. The summed E-state index contributed by atoms with van der Waals surface area (Å²) in [5.74, 6) is -1.09. The molecule has 2 rings (SSSR count). The SMILES string of the molecule is C[C@H](OC(=O)c1ccc(C=O)cc1)C(=O)Nc1ccc(Cl)cc1. The van der Waals surface area contributed by atoms with E-state index < -0.39 is 18.0 Å². The summed E-state index contributed by atoms with van der Waals surface area (Å²) in [7, 11) is 0. The van der Waals surface area contributed by atoms with E-state index in [0.717, 1.165) is 0 Å².